The molecule has 8 heteroatoms. The summed E-state index contributed by atoms with van der Waals surface area (Å²) in [5.74, 6) is -1.12. The number of carbonyl (C=O) groups excluding carboxylic acids is 2. The van der Waals surface area contributed by atoms with Crippen molar-refractivity contribution in [2.75, 3.05) is 26.4 Å². The molecule has 0 saturated carbocycles. The van der Waals surface area contributed by atoms with Crippen molar-refractivity contribution in [2.24, 2.45) is 0 Å². The summed E-state index contributed by atoms with van der Waals surface area (Å²) in [5, 5.41) is 3.70. The molecule has 0 aromatic heterocycles. The van der Waals surface area contributed by atoms with Crippen molar-refractivity contribution in [3.63, 3.8) is 0 Å². The smallest absolute Gasteiger partial charge is 0.340 e. The number of nitrogens with one attached hydrogen (secondary N) is 1. The molecule has 0 bridgehead atoms. The molecular formula is C21H25Cl2NO5. The van der Waals surface area contributed by atoms with Gasteiger partial charge in [0.15, 0.2) is 0 Å². The van der Waals surface area contributed by atoms with Gasteiger partial charge < -0.3 is 19.5 Å². The Morgan fingerprint density at radius 3 is 2.45 bits per heavy atom. The number of benzene rings is 1. The molecule has 1 aromatic carbocycles. The second-order valence-corrected chi connectivity index (χ2v) is 7.09. The Kier molecular flexibility index (Phi) is 8.56. The minimum absolute atomic E-state index is 0.0876. The molecule has 1 N–H and O–H groups in total. The average molecular weight is 442 g/mol. The van der Waals surface area contributed by atoms with Gasteiger partial charge >= 0.3 is 11.9 Å². The molecular weight excluding hydrogens is 417 g/mol. The molecule has 6 nitrogen and oxygen atoms in total. The van der Waals surface area contributed by atoms with Crippen LogP contribution < -0.4 is 5.32 Å². The largest absolute Gasteiger partial charge is 0.463 e. The molecule has 158 valence electrons. The first-order valence-corrected chi connectivity index (χ1v) is 10.2. The summed E-state index contributed by atoms with van der Waals surface area (Å²) in [4.78, 5) is 25.7. The molecule has 0 radical (unpaired) electrons. The molecule has 0 amide bonds. The van der Waals surface area contributed by atoms with Gasteiger partial charge in [0, 0.05) is 23.4 Å². The fourth-order valence-electron chi connectivity index (χ4n) is 3.14. The van der Waals surface area contributed by atoms with Crippen molar-refractivity contribution in [3.05, 3.63) is 50.7 Å². The number of carbonyl (C=O) groups is 2. The Bertz CT molecular complexity index is 847. The van der Waals surface area contributed by atoms with Gasteiger partial charge in [-0.25, -0.2) is 9.59 Å². The van der Waals surface area contributed by atoms with Gasteiger partial charge in [-0.3, -0.25) is 0 Å². The molecule has 1 unspecified atom stereocenters. The number of rotatable bonds is 8. The monoisotopic (exact) mass is 441 g/mol. The minimum atomic E-state index is -0.588. The number of dihydropyridines is 1. The van der Waals surface area contributed by atoms with Crippen LogP contribution in [-0.2, 0) is 23.8 Å². The van der Waals surface area contributed by atoms with Crippen LogP contribution in [0.4, 0.5) is 0 Å². The van der Waals surface area contributed by atoms with E-state index in [0.717, 1.165) is 0 Å². The second kappa shape index (κ2) is 10.7. The second-order valence-electron chi connectivity index (χ2n) is 6.31. The Hall–Kier alpha value is -2.02. The summed E-state index contributed by atoms with van der Waals surface area (Å²) >= 11 is 12.7. The molecule has 0 spiro atoms. The van der Waals surface area contributed by atoms with Crippen molar-refractivity contribution in [1.29, 1.82) is 0 Å². The summed E-state index contributed by atoms with van der Waals surface area (Å²) in [6.45, 7) is 8.22. The quantitative estimate of drug-likeness (QED) is 0.482. The zero-order valence-corrected chi connectivity index (χ0v) is 18.4. The molecule has 1 aliphatic rings. The lowest BCUT2D eigenvalue weighted by atomic mass is 9.85. The number of halogens is 2. The lowest BCUT2D eigenvalue weighted by Gasteiger charge is -2.30. The predicted molar refractivity (Wildman–Crippen MR) is 113 cm³/mol. The number of allylic oxidation sites excluding steroid dienone is 1. The fraction of sp³-hybridized carbons (Fsp3) is 0.429. The van der Waals surface area contributed by atoms with Crippen LogP contribution in [0.15, 0.2) is 35.0 Å². The molecule has 0 aliphatic carbocycles. The highest BCUT2D eigenvalue weighted by molar-refractivity contribution is 6.43. The van der Waals surface area contributed by atoms with E-state index in [1.54, 1.807) is 32.0 Å². The molecule has 1 atom stereocenters. The molecule has 1 heterocycles. The van der Waals surface area contributed by atoms with Crippen LogP contribution in [0.5, 0.6) is 0 Å². The third kappa shape index (κ3) is 5.32. The lowest BCUT2D eigenvalue weighted by Crippen LogP contribution is -2.37. The Morgan fingerprint density at radius 1 is 1.07 bits per heavy atom. The van der Waals surface area contributed by atoms with Crippen molar-refractivity contribution in [2.45, 2.75) is 33.7 Å². The summed E-state index contributed by atoms with van der Waals surface area (Å²) in [7, 11) is 0. The molecule has 1 aliphatic heterocycles. The number of hydrogen-bond donors (Lipinski definition) is 1. The summed E-state index contributed by atoms with van der Waals surface area (Å²) in [6, 6.07) is 4.65. The predicted octanol–water partition coefficient (Wildman–Crippen LogP) is 4.16. The van der Waals surface area contributed by atoms with Gasteiger partial charge in [0.2, 0.25) is 0 Å². The van der Waals surface area contributed by atoms with E-state index in [0.29, 0.717) is 34.0 Å². The number of esters is 2. The van der Waals surface area contributed by atoms with E-state index in [1.165, 1.54) is 0 Å². The first-order valence-electron chi connectivity index (χ1n) is 9.41. The van der Waals surface area contributed by atoms with Crippen LogP contribution in [0, 0.1) is 0 Å². The van der Waals surface area contributed by atoms with Crippen molar-refractivity contribution >= 4 is 40.7 Å². The van der Waals surface area contributed by atoms with Gasteiger partial charge in [-0.15, -0.1) is 0 Å². The average Bonchev–Trinajstić information content (AvgIpc) is 2.66. The van der Waals surface area contributed by atoms with Gasteiger partial charge in [-0.1, -0.05) is 35.3 Å². The maximum Gasteiger partial charge on any atom is 0.340 e. The van der Waals surface area contributed by atoms with Crippen LogP contribution in [0.25, 0.3) is 5.57 Å². The van der Waals surface area contributed by atoms with Crippen LogP contribution in [0.3, 0.4) is 0 Å². The zero-order valence-electron chi connectivity index (χ0n) is 16.9. The first-order chi connectivity index (χ1) is 13.8. The number of ether oxygens (including phenoxy) is 3. The third-order valence-electron chi connectivity index (χ3n) is 4.35. The van der Waals surface area contributed by atoms with Crippen LogP contribution in [-0.4, -0.2) is 44.4 Å². The summed E-state index contributed by atoms with van der Waals surface area (Å²) < 4.78 is 15.8. The van der Waals surface area contributed by atoms with Gasteiger partial charge in [-0.05, 0) is 33.8 Å². The Balaban J connectivity index is 2.62. The molecule has 0 saturated heterocycles. The highest BCUT2D eigenvalue weighted by atomic mass is 35.5. The van der Waals surface area contributed by atoms with Gasteiger partial charge in [0.1, 0.15) is 6.61 Å². The Labute approximate surface area is 180 Å². The van der Waals surface area contributed by atoms with E-state index in [-0.39, 0.29) is 30.4 Å². The van der Waals surface area contributed by atoms with Gasteiger partial charge in [0.05, 0.1) is 40.4 Å². The molecule has 0 fully saturated rings. The Morgan fingerprint density at radius 2 is 1.79 bits per heavy atom. The van der Waals surface area contributed by atoms with Crippen molar-refractivity contribution < 1.29 is 23.8 Å². The van der Waals surface area contributed by atoms with E-state index in [4.69, 9.17) is 37.4 Å². The van der Waals surface area contributed by atoms with Crippen LogP contribution >= 0.6 is 23.2 Å². The van der Waals surface area contributed by atoms with Gasteiger partial charge in [-0.2, -0.15) is 0 Å². The topological polar surface area (TPSA) is 73.9 Å². The van der Waals surface area contributed by atoms with E-state index in [9.17, 15) is 9.59 Å². The lowest BCUT2D eigenvalue weighted by molar-refractivity contribution is -0.140. The van der Waals surface area contributed by atoms with E-state index in [2.05, 4.69) is 5.32 Å². The van der Waals surface area contributed by atoms with Gasteiger partial charge in [0.25, 0.3) is 0 Å². The highest BCUT2D eigenvalue weighted by Gasteiger charge is 2.35. The SMILES string of the molecule is CCOCCOC(=O)C1=C(C)NC(C)C(C(=O)OCC)=C1c1cccc(Cl)c1Cl. The van der Waals surface area contributed by atoms with E-state index in [1.807, 2.05) is 13.8 Å². The van der Waals surface area contributed by atoms with Crippen LogP contribution in [0.2, 0.25) is 10.0 Å². The van der Waals surface area contributed by atoms with Crippen molar-refractivity contribution in [1.82, 2.24) is 5.32 Å². The minimum Gasteiger partial charge on any atom is -0.463 e. The maximum atomic E-state index is 12.9. The first kappa shape index (κ1) is 23.3. The van der Waals surface area contributed by atoms with E-state index >= 15 is 0 Å². The molecule has 29 heavy (non-hydrogen) atoms. The zero-order chi connectivity index (χ0) is 21.6. The highest BCUT2D eigenvalue weighted by Crippen LogP contribution is 2.40. The summed E-state index contributed by atoms with van der Waals surface area (Å²) in [6.07, 6.45) is 0. The maximum absolute atomic E-state index is 12.9. The fourth-order valence-corrected chi connectivity index (χ4v) is 3.53. The summed E-state index contributed by atoms with van der Waals surface area (Å²) in [5.41, 5.74) is 1.90. The number of hydrogen-bond acceptors (Lipinski definition) is 6. The third-order valence-corrected chi connectivity index (χ3v) is 5.16. The standard InChI is InChI=1S/C21H25Cl2NO5/c1-5-27-10-11-29-21(26)17-13(4)24-12(3)16(20(25)28-6-2)18(17)14-8-7-9-15(22)19(14)23/h7-9,12,24H,5-6,10-11H2,1-4H3. The van der Waals surface area contributed by atoms with Crippen molar-refractivity contribution in [3.8, 4) is 0 Å². The normalized spacial score (nSPS) is 16.6. The molecule has 2 rings (SSSR count). The van der Waals surface area contributed by atoms with Crippen LogP contribution in [0.1, 0.15) is 33.3 Å². The molecule has 1 aromatic rings. The van der Waals surface area contributed by atoms with E-state index < -0.39 is 18.0 Å².